The van der Waals surface area contributed by atoms with E-state index in [4.69, 9.17) is 15.0 Å². The lowest BCUT2D eigenvalue weighted by Gasteiger charge is -2.04. The predicted molar refractivity (Wildman–Crippen MR) is 64.2 cm³/mol. The highest BCUT2D eigenvalue weighted by Gasteiger charge is 2.19. The SMILES string of the molecule is CC(=O)O.CS(=O)(=O)c1ccccc1S(N)(=O)=O. The van der Waals surface area contributed by atoms with Gasteiger partial charge in [-0.3, -0.25) is 4.79 Å². The molecule has 0 fully saturated rings. The highest BCUT2D eigenvalue weighted by atomic mass is 32.2. The zero-order chi connectivity index (χ0) is 14.6. The van der Waals surface area contributed by atoms with Crippen LogP contribution in [0.1, 0.15) is 6.92 Å². The second-order valence-electron chi connectivity index (χ2n) is 3.28. The first-order valence-electron chi connectivity index (χ1n) is 4.47. The summed E-state index contributed by atoms with van der Waals surface area (Å²) < 4.78 is 44.4. The number of hydrogen-bond donors (Lipinski definition) is 2. The van der Waals surface area contributed by atoms with Crippen LogP contribution in [0.25, 0.3) is 0 Å². The van der Waals surface area contributed by atoms with Gasteiger partial charge in [0, 0.05) is 13.2 Å². The van der Waals surface area contributed by atoms with Gasteiger partial charge in [-0.2, -0.15) is 0 Å². The van der Waals surface area contributed by atoms with Gasteiger partial charge < -0.3 is 5.11 Å². The van der Waals surface area contributed by atoms with Crippen LogP contribution in [0, 0.1) is 0 Å². The fourth-order valence-corrected chi connectivity index (χ4v) is 3.17. The van der Waals surface area contributed by atoms with E-state index in [1.165, 1.54) is 18.2 Å². The number of carboxylic acid groups (broad SMARTS) is 1. The minimum Gasteiger partial charge on any atom is -0.481 e. The van der Waals surface area contributed by atoms with Gasteiger partial charge in [-0.25, -0.2) is 22.0 Å². The van der Waals surface area contributed by atoms with Gasteiger partial charge in [0.2, 0.25) is 10.0 Å². The summed E-state index contributed by atoms with van der Waals surface area (Å²) in [7, 11) is -7.57. The first-order chi connectivity index (χ1) is 7.96. The largest absolute Gasteiger partial charge is 0.481 e. The quantitative estimate of drug-likeness (QED) is 0.778. The minimum absolute atomic E-state index is 0.275. The van der Waals surface area contributed by atoms with Crippen molar-refractivity contribution in [2.75, 3.05) is 6.26 Å². The number of sulfone groups is 1. The predicted octanol–water partition coefficient (Wildman–Crippen LogP) is -0.172. The number of carboxylic acids is 1. The van der Waals surface area contributed by atoms with E-state index in [9.17, 15) is 16.8 Å². The van der Waals surface area contributed by atoms with Crippen LogP contribution in [0.5, 0.6) is 0 Å². The molecule has 0 unspecified atom stereocenters. The second-order valence-corrected chi connectivity index (χ2v) is 6.80. The number of benzene rings is 1. The van der Waals surface area contributed by atoms with E-state index in [1.807, 2.05) is 0 Å². The van der Waals surface area contributed by atoms with Gasteiger partial charge in [-0.15, -0.1) is 0 Å². The third-order valence-corrected chi connectivity index (χ3v) is 3.81. The van der Waals surface area contributed by atoms with Crippen LogP contribution in [0.2, 0.25) is 0 Å². The van der Waals surface area contributed by atoms with E-state index in [-0.39, 0.29) is 9.79 Å². The van der Waals surface area contributed by atoms with Crippen LogP contribution < -0.4 is 5.14 Å². The summed E-state index contributed by atoms with van der Waals surface area (Å²) in [6.45, 7) is 1.08. The van der Waals surface area contributed by atoms with Crippen molar-refractivity contribution in [3.8, 4) is 0 Å². The van der Waals surface area contributed by atoms with Crippen molar-refractivity contribution in [1.82, 2.24) is 0 Å². The summed E-state index contributed by atoms with van der Waals surface area (Å²) in [5.41, 5.74) is 0. The Hall–Kier alpha value is -1.45. The molecule has 0 heterocycles. The van der Waals surface area contributed by atoms with E-state index in [0.717, 1.165) is 19.2 Å². The Labute approximate surface area is 105 Å². The zero-order valence-electron chi connectivity index (χ0n) is 9.69. The van der Waals surface area contributed by atoms with Crippen molar-refractivity contribution in [1.29, 1.82) is 0 Å². The Morgan fingerprint density at radius 1 is 1.11 bits per heavy atom. The number of carbonyl (C=O) groups is 1. The molecule has 102 valence electrons. The van der Waals surface area contributed by atoms with Gasteiger partial charge in [0.1, 0.15) is 4.90 Å². The van der Waals surface area contributed by atoms with Crippen LogP contribution in [0.4, 0.5) is 0 Å². The Balaban J connectivity index is 0.000000631. The van der Waals surface area contributed by atoms with Crippen molar-refractivity contribution in [2.24, 2.45) is 5.14 Å². The van der Waals surface area contributed by atoms with Gasteiger partial charge in [-0.05, 0) is 12.1 Å². The molecule has 18 heavy (non-hydrogen) atoms. The van der Waals surface area contributed by atoms with E-state index in [0.29, 0.717) is 0 Å². The molecule has 9 heteroatoms. The van der Waals surface area contributed by atoms with Crippen molar-refractivity contribution in [3.05, 3.63) is 24.3 Å². The lowest BCUT2D eigenvalue weighted by molar-refractivity contribution is -0.134. The lowest BCUT2D eigenvalue weighted by atomic mass is 10.4. The fourth-order valence-electron chi connectivity index (χ4n) is 0.992. The number of primary sulfonamides is 1. The van der Waals surface area contributed by atoms with Crippen molar-refractivity contribution < 1.29 is 26.7 Å². The number of aliphatic carboxylic acids is 1. The minimum atomic E-state index is -4.00. The average Bonchev–Trinajstić information content (AvgIpc) is 2.14. The number of nitrogens with two attached hydrogens (primary N) is 1. The molecule has 1 aromatic rings. The summed E-state index contributed by atoms with van der Waals surface area (Å²) in [6, 6.07) is 5.21. The summed E-state index contributed by atoms with van der Waals surface area (Å²) in [6.07, 6.45) is 0.928. The van der Waals surface area contributed by atoms with Gasteiger partial charge in [0.05, 0.1) is 4.90 Å². The van der Waals surface area contributed by atoms with Gasteiger partial charge in [-0.1, -0.05) is 12.1 Å². The highest BCUT2D eigenvalue weighted by Crippen LogP contribution is 2.18. The topological polar surface area (TPSA) is 132 Å². The molecule has 0 aliphatic carbocycles. The molecule has 7 nitrogen and oxygen atoms in total. The normalized spacial score (nSPS) is 11.3. The molecule has 0 amide bonds. The zero-order valence-corrected chi connectivity index (χ0v) is 11.3. The Morgan fingerprint density at radius 3 is 1.67 bits per heavy atom. The van der Waals surface area contributed by atoms with Crippen LogP contribution in [0.15, 0.2) is 34.1 Å². The molecule has 0 spiro atoms. The fraction of sp³-hybridized carbons (Fsp3) is 0.222. The standard InChI is InChI=1S/C7H9NO4S2.C2H4O2/c1-13(9,10)6-4-2-3-5-7(6)14(8,11)12;1-2(3)4/h2-5H,1H3,(H2,8,11,12);1H3,(H,3,4). The second kappa shape index (κ2) is 5.94. The van der Waals surface area contributed by atoms with Crippen LogP contribution in [-0.2, 0) is 24.7 Å². The molecule has 0 aliphatic rings. The smallest absolute Gasteiger partial charge is 0.300 e. The molecular formula is C9H13NO6S2. The third kappa shape index (κ3) is 5.75. The molecule has 3 N–H and O–H groups in total. The monoisotopic (exact) mass is 295 g/mol. The average molecular weight is 295 g/mol. The molecule has 1 aromatic carbocycles. The molecule has 1 rings (SSSR count). The lowest BCUT2D eigenvalue weighted by Crippen LogP contribution is -2.16. The Kier molecular flexibility index (Phi) is 5.46. The number of hydrogen-bond acceptors (Lipinski definition) is 5. The van der Waals surface area contributed by atoms with Crippen LogP contribution in [0.3, 0.4) is 0 Å². The number of rotatable bonds is 2. The summed E-state index contributed by atoms with van der Waals surface area (Å²) in [5, 5.41) is 12.3. The van der Waals surface area contributed by atoms with E-state index < -0.39 is 25.8 Å². The first kappa shape index (κ1) is 16.6. The molecule has 0 radical (unpaired) electrons. The third-order valence-electron chi connectivity index (χ3n) is 1.56. The maximum Gasteiger partial charge on any atom is 0.300 e. The van der Waals surface area contributed by atoms with Gasteiger partial charge >= 0.3 is 0 Å². The summed E-state index contributed by atoms with van der Waals surface area (Å²) in [5.74, 6) is -0.833. The molecule has 0 bridgehead atoms. The summed E-state index contributed by atoms with van der Waals surface area (Å²) >= 11 is 0. The molecule has 0 saturated heterocycles. The molecule has 0 aliphatic heterocycles. The van der Waals surface area contributed by atoms with Crippen LogP contribution >= 0.6 is 0 Å². The molecule has 0 saturated carbocycles. The van der Waals surface area contributed by atoms with E-state index >= 15 is 0 Å². The Bertz CT molecular complexity index is 578. The maximum absolute atomic E-state index is 11.2. The van der Waals surface area contributed by atoms with Gasteiger partial charge in [0.15, 0.2) is 9.84 Å². The Morgan fingerprint density at radius 2 is 1.44 bits per heavy atom. The van der Waals surface area contributed by atoms with Crippen molar-refractivity contribution >= 4 is 25.8 Å². The molecule has 0 aromatic heterocycles. The van der Waals surface area contributed by atoms with E-state index in [1.54, 1.807) is 0 Å². The molecule has 0 atom stereocenters. The number of sulfonamides is 1. The van der Waals surface area contributed by atoms with Crippen molar-refractivity contribution in [3.63, 3.8) is 0 Å². The highest BCUT2D eigenvalue weighted by molar-refractivity contribution is 7.93. The molecular weight excluding hydrogens is 282 g/mol. The van der Waals surface area contributed by atoms with Gasteiger partial charge in [0.25, 0.3) is 5.97 Å². The summed E-state index contributed by atoms with van der Waals surface area (Å²) in [4.78, 5) is 8.35. The van der Waals surface area contributed by atoms with Crippen molar-refractivity contribution in [2.45, 2.75) is 16.7 Å². The van der Waals surface area contributed by atoms with E-state index in [2.05, 4.69) is 0 Å². The first-order valence-corrected chi connectivity index (χ1v) is 7.91. The maximum atomic E-state index is 11.2. The van der Waals surface area contributed by atoms with Crippen LogP contribution in [-0.4, -0.2) is 34.2 Å².